The quantitative estimate of drug-likeness (QED) is 0.348. The predicted octanol–water partition coefficient (Wildman–Crippen LogP) is 3.64. The van der Waals surface area contributed by atoms with Crippen LogP contribution in [0.1, 0.15) is 50.7 Å². The number of Topliss-reactive ketones (excluding diaryl/α,β-unsaturated/α-hetero) is 1. The highest BCUT2D eigenvalue weighted by molar-refractivity contribution is 6.34. The van der Waals surface area contributed by atoms with Crippen LogP contribution in [-0.2, 0) is 6.42 Å². The molecule has 2 amide bonds. The Kier molecular flexibility index (Phi) is 8.79. The van der Waals surface area contributed by atoms with Crippen LogP contribution in [0.2, 0.25) is 5.02 Å². The average molecular weight is 555 g/mol. The highest BCUT2D eigenvalue weighted by atomic mass is 35.5. The van der Waals surface area contributed by atoms with Crippen LogP contribution in [0.25, 0.3) is 0 Å². The topological polar surface area (TPSA) is 110 Å². The molecule has 0 bridgehead atoms. The lowest BCUT2D eigenvalue weighted by molar-refractivity contribution is 0.0586. The molecule has 9 nitrogen and oxygen atoms in total. The first-order valence-electron chi connectivity index (χ1n) is 12.7. The van der Waals surface area contributed by atoms with Crippen molar-refractivity contribution in [1.82, 2.24) is 25.1 Å². The molecule has 206 valence electrons. The monoisotopic (exact) mass is 554 g/mol. The lowest BCUT2D eigenvalue weighted by Crippen LogP contribution is -2.57. The number of carbonyl (C=O) groups is 3. The van der Waals surface area contributed by atoms with E-state index in [-0.39, 0.29) is 39.7 Å². The number of aromatic nitrogens is 2. The zero-order chi connectivity index (χ0) is 28.2. The van der Waals surface area contributed by atoms with E-state index in [2.05, 4.69) is 51.3 Å². The molecule has 1 aliphatic heterocycles. The number of likely N-dealkylation sites (N-methyl/N-ethyl adjacent to an activating group) is 1. The first-order valence-corrected chi connectivity index (χ1v) is 13.0. The molecule has 0 saturated carbocycles. The molecule has 2 aromatic carbocycles. The number of H-pyrrole nitrogens is 1. The van der Waals surface area contributed by atoms with Crippen LogP contribution in [0.15, 0.2) is 48.8 Å². The minimum Gasteiger partial charge on any atom is -0.349 e. The van der Waals surface area contributed by atoms with Gasteiger partial charge in [0.05, 0.1) is 11.3 Å². The third kappa shape index (κ3) is 7.08. The molecule has 0 aliphatic carbocycles. The van der Waals surface area contributed by atoms with Gasteiger partial charge < -0.3 is 20.5 Å². The van der Waals surface area contributed by atoms with Crippen molar-refractivity contribution in [3.05, 3.63) is 82.1 Å². The summed E-state index contributed by atoms with van der Waals surface area (Å²) in [6.07, 6.45) is 1.37. The number of carbonyl (C=O) groups excluding carboxylic acids is 3. The number of rotatable bonds is 9. The fourth-order valence-corrected chi connectivity index (χ4v) is 4.71. The zero-order valence-electron chi connectivity index (χ0n) is 22.2. The third-order valence-electron chi connectivity index (χ3n) is 6.93. The summed E-state index contributed by atoms with van der Waals surface area (Å²) >= 11 is 5.99. The summed E-state index contributed by atoms with van der Waals surface area (Å²) in [5, 5.41) is 5.73. The van der Waals surface area contributed by atoms with Crippen LogP contribution in [0, 0.1) is 5.82 Å². The Labute approximate surface area is 231 Å². The molecule has 3 aromatic rings. The number of anilines is 1. The molecule has 1 saturated heterocycles. The van der Waals surface area contributed by atoms with Gasteiger partial charge in [0.25, 0.3) is 11.8 Å². The zero-order valence-corrected chi connectivity index (χ0v) is 22.9. The highest BCUT2D eigenvalue weighted by Gasteiger charge is 2.30. The molecule has 1 aliphatic rings. The van der Waals surface area contributed by atoms with Gasteiger partial charge in [-0.2, -0.15) is 0 Å². The van der Waals surface area contributed by atoms with E-state index < -0.39 is 17.6 Å². The molecule has 0 unspecified atom stereocenters. The molecule has 3 N–H and O–H groups in total. The van der Waals surface area contributed by atoms with Crippen molar-refractivity contribution < 1.29 is 18.8 Å². The maximum Gasteiger partial charge on any atom is 0.276 e. The molecule has 11 heteroatoms. The summed E-state index contributed by atoms with van der Waals surface area (Å²) in [6.45, 7) is 8.38. The van der Waals surface area contributed by atoms with Gasteiger partial charge in [0.1, 0.15) is 11.5 Å². The van der Waals surface area contributed by atoms with E-state index in [1.807, 2.05) is 0 Å². The van der Waals surface area contributed by atoms with Gasteiger partial charge in [-0.25, -0.2) is 9.37 Å². The molecule has 1 aromatic heterocycles. The highest BCUT2D eigenvalue weighted by Crippen LogP contribution is 2.21. The van der Waals surface area contributed by atoms with E-state index in [0.29, 0.717) is 17.8 Å². The number of halogens is 2. The standard InChI is InChI=1S/C28H32ClFN6O3/c1-28(2,36-12-10-35(3)11-13-36)16-31-26(38)24-25(33-17-32-24)27(39)34-20-7-4-18(5-8-20)14-23(37)21-9-6-19(30)15-22(21)29/h4-9,15,17H,10-14,16H2,1-3H3,(H,31,38)(H,32,33)(H,34,39). The van der Waals surface area contributed by atoms with Crippen LogP contribution in [0.5, 0.6) is 0 Å². The largest absolute Gasteiger partial charge is 0.349 e. The molecule has 1 fully saturated rings. The van der Waals surface area contributed by atoms with Gasteiger partial charge in [-0.05, 0) is 56.8 Å². The molecule has 2 heterocycles. The number of nitrogens with one attached hydrogen (secondary N) is 3. The van der Waals surface area contributed by atoms with Crippen molar-refractivity contribution in [3.63, 3.8) is 0 Å². The van der Waals surface area contributed by atoms with E-state index in [4.69, 9.17) is 11.6 Å². The van der Waals surface area contributed by atoms with Gasteiger partial charge in [0.15, 0.2) is 11.5 Å². The van der Waals surface area contributed by atoms with Gasteiger partial charge in [0, 0.05) is 55.9 Å². The molecule has 0 spiro atoms. The SMILES string of the molecule is CN1CCN(C(C)(C)CNC(=O)c2[nH]cnc2C(=O)Nc2ccc(CC(=O)c3ccc(F)cc3Cl)cc2)CC1. The Morgan fingerprint density at radius 1 is 1.05 bits per heavy atom. The molecular weight excluding hydrogens is 523 g/mol. The lowest BCUT2D eigenvalue weighted by Gasteiger charge is -2.43. The van der Waals surface area contributed by atoms with E-state index in [9.17, 15) is 18.8 Å². The number of hydrogen-bond donors (Lipinski definition) is 3. The van der Waals surface area contributed by atoms with E-state index in [1.165, 1.54) is 18.5 Å². The summed E-state index contributed by atoms with van der Waals surface area (Å²) in [5.41, 5.74) is 1.23. The summed E-state index contributed by atoms with van der Waals surface area (Å²) < 4.78 is 13.3. The number of aromatic amines is 1. The molecule has 0 radical (unpaired) electrons. The fraction of sp³-hybridized carbons (Fsp3) is 0.357. The number of imidazole rings is 1. The van der Waals surface area contributed by atoms with Gasteiger partial charge in [-0.1, -0.05) is 23.7 Å². The Balaban J connectivity index is 1.34. The van der Waals surface area contributed by atoms with E-state index in [1.54, 1.807) is 24.3 Å². The number of benzene rings is 2. The molecule has 0 atom stereocenters. The van der Waals surface area contributed by atoms with Crippen LogP contribution >= 0.6 is 11.6 Å². The number of nitrogens with zero attached hydrogens (tertiary/aromatic N) is 3. The third-order valence-corrected chi connectivity index (χ3v) is 7.24. The fourth-order valence-electron chi connectivity index (χ4n) is 4.44. The van der Waals surface area contributed by atoms with Crippen LogP contribution in [-0.4, -0.2) is 82.7 Å². The number of hydrogen-bond acceptors (Lipinski definition) is 6. The smallest absolute Gasteiger partial charge is 0.276 e. The first kappa shape index (κ1) is 28.4. The van der Waals surface area contributed by atoms with Crippen LogP contribution in [0.4, 0.5) is 10.1 Å². The normalized spacial score (nSPS) is 14.7. The first-order chi connectivity index (χ1) is 18.5. The van der Waals surface area contributed by atoms with Crippen molar-refractivity contribution in [2.75, 3.05) is 45.1 Å². The maximum absolute atomic E-state index is 13.3. The molecule has 4 rings (SSSR count). The molecular formula is C28H32ClFN6O3. The summed E-state index contributed by atoms with van der Waals surface area (Å²) in [5.74, 6) is -1.71. The van der Waals surface area contributed by atoms with Gasteiger partial charge >= 0.3 is 0 Å². The Morgan fingerprint density at radius 2 is 1.74 bits per heavy atom. The van der Waals surface area contributed by atoms with Crippen molar-refractivity contribution >= 4 is 34.9 Å². The van der Waals surface area contributed by atoms with Crippen LogP contribution in [0.3, 0.4) is 0 Å². The summed E-state index contributed by atoms with van der Waals surface area (Å²) in [6, 6.07) is 10.4. The molecule has 39 heavy (non-hydrogen) atoms. The Hall–Kier alpha value is -3.60. The number of amides is 2. The van der Waals surface area contributed by atoms with Crippen molar-refractivity contribution in [3.8, 4) is 0 Å². The Morgan fingerprint density at radius 3 is 2.41 bits per heavy atom. The van der Waals surface area contributed by atoms with Crippen molar-refractivity contribution in [2.45, 2.75) is 25.8 Å². The summed E-state index contributed by atoms with van der Waals surface area (Å²) in [4.78, 5) is 49.8. The second-order valence-corrected chi connectivity index (χ2v) is 10.7. The predicted molar refractivity (Wildman–Crippen MR) is 148 cm³/mol. The van der Waals surface area contributed by atoms with E-state index in [0.717, 1.165) is 32.2 Å². The second-order valence-electron chi connectivity index (χ2n) is 10.3. The van der Waals surface area contributed by atoms with Gasteiger partial charge in [-0.15, -0.1) is 0 Å². The number of piperazine rings is 1. The minimum absolute atomic E-state index is 0.0184. The Bertz CT molecular complexity index is 1350. The van der Waals surface area contributed by atoms with Crippen LogP contribution < -0.4 is 10.6 Å². The summed E-state index contributed by atoms with van der Waals surface area (Å²) in [7, 11) is 2.10. The van der Waals surface area contributed by atoms with Gasteiger partial charge in [0.2, 0.25) is 0 Å². The van der Waals surface area contributed by atoms with Crippen molar-refractivity contribution in [2.24, 2.45) is 0 Å². The number of ketones is 1. The van der Waals surface area contributed by atoms with E-state index >= 15 is 0 Å². The van der Waals surface area contributed by atoms with Gasteiger partial charge in [-0.3, -0.25) is 19.3 Å². The lowest BCUT2D eigenvalue weighted by atomic mass is 10.0. The average Bonchev–Trinajstić information content (AvgIpc) is 3.39. The minimum atomic E-state index is -0.540. The maximum atomic E-state index is 13.3. The van der Waals surface area contributed by atoms with Crippen molar-refractivity contribution in [1.29, 1.82) is 0 Å². The second kappa shape index (κ2) is 12.1.